The standard InChI is InChI=1S/C18H18N2O2S/c1-13(14-7-3-2-4-8-14)20-23(21,22)18-12-6-9-15-16(18)10-5-11-17(15)19/h2-13,20H,19H2,1H3. The fraction of sp³-hybridized carbons (Fsp3) is 0.111. The number of nitrogen functional groups attached to an aromatic ring is 1. The van der Waals surface area contributed by atoms with Crippen LogP contribution in [0.2, 0.25) is 0 Å². The maximum absolute atomic E-state index is 12.8. The third kappa shape index (κ3) is 3.06. The SMILES string of the molecule is CC(NS(=O)(=O)c1cccc2c(N)cccc12)c1ccccc1. The number of nitrogens with one attached hydrogen (secondary N) is 1. The normalized spacial score (nSPS) is 13.1. The summed E-state index contributed by atoms with van der Waals surface area (Å²) in [6.07, 6.45) is 0. The Morgan fingerprint density at radius 3 is 2.26 bits per heavy atom. The number of hydrogen-bond acceptors (Lipinski definition) is 3. The van der Waals surface area contributed by atoms with E-state index in [9.17, 15) is 8.42 Å². The molecule has 0 bridgehead atoms. The summed E-state index contributed by atoms with van der Waals surface area (Å²) in [5.74, 6) is 0. The molecular weight excluding hydrogens is 308 g/mol. The highest BCUT2D eigenvalue weighted by molar-refractivity contribution is 7.89. The Hall–Kier alpha value is -2.37. The van der Waals surface area contributed by atoms with Gasteiger partial charge in [-0.2, -0.15) is 0 Å². The molecule has 0 radical (unpaired) electrons. The Balaban J connectivity index is 2.02. The average Bonchev–Trinajstić information content (AvgIpc) is 2.55. The zero-order valence-electron chi connectivity index (χ0n) is 12.7. The van der Waals surface area contributed by atoms with E-state index in [1.165, 1.54) is 0 Å². The second-order valence-corrected chi connectivity index (χ2v) is 7.13. The number of nitrogens with two attached hydrogens (primary N) is 1. The van der Waals surface area contributed by atoms with E-state index < -0.39 is 10.0 Å². The fourth-order valence-electron chi connectivity index (χ4n) is 2.65. The predicted molar refractivity (Wildman–Crippen MR) is 93.5 cm³/mol. The number of sulfonamides is 1. The van der Waals surface area contributed by atoms with Gasteiger partial charge in [0.25, 0.3) is 0 Å². The molecule has 0 fully saturated rings. The van der Waals surface area contributed by atoms with Gasteiger partial charge in [-0.1, -0.05) is 54.6 Å². The molecule has 3 aromatic carbocycles. The van der Waals surface area contributed by atoms with Crippen LogP contribution in [0.25, 0.3) is 10.8 Å². The molecule has 0 saturated heterocycles. The molecular formula is C18H18N2O2S. The summed E-state index contributed by atoms with van der Waals surface area (Å²) in [6, 6.07) is 19.6. The van der Waals surface area contributed by atoms with Crippen LogP contribution in [0, 0.1) is 0 Å². The molecule has 1 unspecified atom stereocenters. The van der Waals surface area contributed by atoms with Crippen molar-refractivity contribution >= 4 is 26.5 Å². The molecule has 0 aliphatic heterocycles. The van der Waals surface area contributed by atoms with E-state index in [2.05, 4.69) is 4.72 Å². The predicted octanol–water partition coefficient (Wildman–Crippen LogP) is 3.46. The Bertz CT molecular complexity index is 938. The third-order valence-electron chi connectivity index (χ3n) is 3.84. The van der Waals surface area contributed by atoms with Crippen molar-refractivity contribution in [3.05, 3.63) is 72.3 Å². The zero-order valence-corrected chi connectivity index (χ0v) is 13.5. The van der Waals surface area contributed by atoms with Crippen molar-refractivity contribution < 1.29 is 8.42 Å². The summed E-state index contributed by atoms with van der Waals surface area (Å²) in [7, 11) is -3.66. The molecule has 0 spiro atoms. The summed E-state index contributed by atoms with van der Waals surface area (Å²) in [5.41, 5.74) is 7.42. The van der Waals surface area contributed by atoms with Crippen LogP contribution in [0.15, 0.2) is 71.6 Å². The van der Waals surface area contributed by atoms with Gasteiger partial charge in [0.1, 0.15) is 0 Å². The molecule has 0 aromatic heterocycles. The highest BCUT2D eigenvalue weighted by Gasteiger charge is 2.20. The van der Waals surface area contributed by atoms with Crippen LogP contribution in [0.4, 0.5) is 5.69 Å². The highest BCUT2D eigenvalue weighted by Crippen LogP contribution is 2.28. The fourth-order valence-corrected chi connectivity index (χ4v) is 4.10. The average molecular weight is 326 g/mol. The molecule has 3 N–H and O–H groups in total. The zero-order chi connectivity index (χ0) is 16.4. The molecule has 0 heterocycles. The van der Waals surface area contributed by atoms with Crippen molar-refractivity contribution in [2.45, 2.75) is 17.9 Å². The molecule has 4 nitrogen and oxygen atoms in total. The molecule has 1 atom stereocenters. The first-order valence-electron chi connectivity index (χ1n) is 7.33. The minimum absolute atomic E-state index is 0.241. The van der Waals surface area contributed by atoms with Gasteiger partial charge in [-0.15, -0.1) is 0 Å². The summed E-state index contributed by atoms with van der Waals surface area (Å²) in [6.45, 7) is 1.83. The van der Waals surface area contributed by atoms with Crippen LogP contribution in [0.1, 0.15) is 18.5 Å². The molecule has 0 aliphatic carbocycles. The van der Waals surface area contributed by atoms with Crippen LogP contribution < -0.4 is 10.5 Å². The Kier molecular flexibility index (Phi) is 4.07. The van der Waals surface area contributed by atoms with Crippen LogP contribution in [0.3, 0.4) is 0 Å². The topological polar surface area (TPSA) is 72.2 Å². The Morgan fingerprint density at radius 2 is 1.52 bits per heavy atom. The van der Waals surface area contributed by atoms with Crippen molar-refractivity contribution in [1.82, 2.24) is 4.72 Å². The van der Waals surface area contributed by atoms with Gasteiger partial charge in [-0.25, -0.2) is 13.1 Å². The monoisotopic (exact) mass is 326 g/mol. The van der Waals surface area contributed by atoms with Gasteiger partial charge in [0.05, 0.1) is 4.90 Å². The van der Waals surface area contributed by atoms with Gasteiger partial charge in [-0.3, -0.25) is 0 Å². The van der Waals surface area contributed by atoms with Crippen LogP contribution >= 0.6 is 0 Å². The minimum Gasteiger partial charge on any atom is -0.398 e. The first-order valence-corrected chi connectivity index (χ1v) is 8.82. The van der Waals surface area contributed by atoms with Crippen LogP contribution in [0.5, 0.6) is 0 Å². The Labute approximate surface area is 136 Å². The number of benzene rings is 3. The van der Waals surface area contributed by atoms with E-state index in [0.29, 0.717) is 11.1 Å². The van der Waals surface area contributed by atoms with Crippen LogP contribution in [-0.2, 0) is 10.0 Å². The van der Waals surface area contributed by atoms with Crippen LogP contribution in [-0.4, -0.2) is 8.42 Å². The van der Waals surface area contributed by atoms with E-state index in [1.54, 1.807) is 30.3 Å². The lowest BCUT2D eigenvalue weighted by Gasteiger charge is -2.16. The lowest BCUT2D eigenvalue weighted by atomic mass is 10.1. The smallest absolute Gasteiger partial charge is 0.241 e. The summed E-state index contributed by atoms with van der Waals surface area (Å²) >= 11 is 0. The van der Waals surface area contributed by atoms with E-state index in [1.807, 2.05) is 43.3 Å². The molecule has 0 saturated carbocycles. The number of hydrogen-bond donors (Lipinski definition) is 2. The third-order valence-corrected chi connectivity index (χ3v) is 5.44. The van der Waals surface area contributed by atoms with Crippen molar-refractivity contribution in [2.75, 3.05) is 5.73 Å². The van der Waals surface area contributed by atoms with Crippen molar-refractivity contribution in [1.29, 1.82) is 0 Å². The maximum atomic E-state index is 12.8. The van der Waals surface area contributed by atoms with Gasteiger partial charge in [-0.05, 0) is 24.6 Å². The summed E-state index contributed by atoms with van der Waals surface area (Å²) in [5, 5.41) is 1.36. The molecule has 23 heavy (non-hydrogen) atoms. The molecule has 5 heteroatoms. The van der Waals surface area contributed by atoms with E-state index in [0.717, 1.165) is 10.9 Å². The molecule has 3 aromatic rings. The Morgan fingerprint density at radius 1 is 0.870 bits per heavy atom. The lowest BCUT2D eigenvalue weighted by molar-refractivity contribution is 0.568. The quantitative estimate of drug-likeness (QED) is 0.721. The number of fused-ring (bicyclic) bond motifs is 1. The van der Waals surface area contributed by atoms with E-state index in [4.69, 9.17) is 5.73 Å². The molecule has 0 aliphatic rings. The second kappa shape index (κ2) is 6.02. The van der Waals surface area contributed by atoms with Gasteiger partial charge >= 0.3 is 0 Å². The van der Waals surface area contributed by atoms with E-state index >= 15 is 0 Å². The largest absolute Gasteiger partial charge is 0.398 e. The number of anilines is 1. The van der Waals surface area contributed by atoms with Gasteiger partial charge < -0.3 is 5.73 Å². The summed E-state index contributed by atoms with van der Waals surface area (Å²) in [4.78, 5) is 0.241. The highest BCUT2D eigenvalue weighted by atomic mass is 32.2. The molecule has 0 amide bonds. The van der Waals surface area contributed by atoms with E-state index in [-0.39, 0.29) is 10.9 Å². The lowest BCUT2D eigenvalue weighted by Crippen LogP contribution is -2.27. The molecule has 118 valence electrons. The second-order valence-electron chi connectivity index (χ2n) is 5.45. The van der Waals surface area contributed by atoms with Gasteiger partial charge in [0, 0.05) is 22.5 Å². The molecule has 3 rings (SSSR count). The number of rotatable bonds is 4. The van der Waals surface area contributed by atoms with Gasteiger partial charge in [0.15, 0.2) is 0 Å². The van der Waals surface area contributed by atoms with Crippen molar-refractivity contribution in [3.63, 3.8) is 0 Å². The van der Waals surface area contributed by atoms with Crippen molar-refractivity contribution in [3.8, 4) is 0 Å². The first-order chi connectivity index (χ1) is 11.0. The minimum atomic E-state index is -3.66. The van der Waals surface area contributed by atoms with Crippen molar-refractivity contribution in [2.24, 2.45) is 0 Å². The summed E-state index contributed by atoms with van der Waals surface area (Å²) < 4.78 is 28.3. The first kappa shape index (κ1) is 15.5. The maximum Gasteiger partial charge on any atom is 0.241 e. The van der Waals surface area contributed by atoms with Gasteiger partial charge in [0.2, 0.25) is 10.0 Å².